The van der Waals surface area contributed by atoms with Crippen LogP contribution in [0.3, 0.4) is 0 Å². The van der Waals surface area contributed by atoms with Crippen molar-refractivity contribution < 1.29 is 14.4 Å². The first kappa shape index (κ1) is 21.5. The fourth-order valence-corrected chi connectivity index (χ4v) is 3.65. The van der Waals surface area contributed by atoms with Gasteiger partial charge in [0.1, 0.15) is 0 Å². The van der Waals surface area contributed by atoms with E-state index in [1.54, 1.807) is 0 Å². The van der Waals surface area contributed by atoms with Gasteiger partial charge in [-0.3, -0.25) is 19.3 Å². The van der Waals surface area contributed by atoms with Crippen LogP contribution in [-0.2, 0) is 14.4 Å². The number of carbonyl (C=O) groups excluding carboxylic acids is 3. The number of rotatable bonds is 8. The number of benzene rings is 2. The number of nitrogens with zero attached hydrogens (tertiary/aromatic N) is 1. The second-order valence-corrected chi connectivity index (χ2v) is 7.24. The lowest BCUT2D eigenvalue weighted by Gasteiger charge is -2.33. The summed E-state index contributed by atoms with van der Waals surface area (Å²) in [5.41, 5.74) is 1.92. The van der Waals surface area contributed by atoms with Crippen molar-refractivity contribution in [3.8, 4) is 0 Å². The van der Waals surface area contributed by atoms with Crippen LogP contribution in [0, 0.1) is 0 Å². The number of likely N-dealkylation sites (N-methyl/N-ethyl adjacent to an activating group) is 1. The molecule has 3 rings (SSSR count). The summed E-state index contributed by atoms with van der Waals surface area (Å²) in [4.78, 5) is 39.0. The Morgan fingerprint density at radius 2 is 1.63 bits per heavy atom. The number of hydrogen-bond donors (Lipinski definition) is 3. The Bertz CT molecular complexity index is 818. The van der Waals surface area contributed by atoms with Crippen LogP contribution in [0.15, 0.2) is 60.7 Å². The summed E-state index contributed by atoms with van der Waals surface area (Å²) in [6.07, 6.45) is 0.0355. The highest BCUT2D eigenvalue weighted by Crippen LogP contribution is 2.21. The van der Waals surface area contributed by atoms with Crippen molar-refractivity contribution in [3.05, 3.63) is 71.8 Å². The van der Waals surface area contributed by atoms with Gasteiger partial charge in [0.2, 0.25) is 17.7 Å². The number of amides is 3. The van der Waals surface area contributed by atoms with Gasteiger partial charge in [-0.15, -0.1) is 0 Å². The lowest BCUT2D eigenvalue weighted by molar-refractivity contribution is -0.134. The summed E-state index contributed by atoms with van der Waals surface area (Å²) >= 11 is 0. The maximum atomic E-state index is 12.6. The van der Waals surface area contributed by atoms with Gasteiger partial charge in [0, 0.05) is 13.1 Å². The topological polar surface area (TPSA) is 90.5 Å². The van der Waals surface area contributed by atoms with Gasteiger partial charge in [0.05, 0.1) is 25.0 Å². The van der Waals surface area contributed by atoms with E-state index in [0.717, 1.165) is 17.7 Å². The van der Waals surface area contributed by atoms with Crippen LogP contribution in [0.2, 0.25) is 0 Å². The Hall–Kier alpha value is -3.19. The van der Waals surface area contributed by atoms with Crippen LogP contribution >= 0.6 is 0 Å². The Morgan fingerprint density at radius 1 is 1.03 bits per heavy atom. The molecule has 0 spiro atoms. The van der Waals surface area contributed by atoms with E-state index < -0.39 is 6.04 Å². The van der Waals surface area contributed by atoms with Crippen molar-refractivity contribution >= 4 is 17.7 Å². The molecule has 1 fully saturated rings. The fourth-order valence-electron chi connectivity index (χ4n) is 3.65. The predicted octanol–water partition coefficient (Wildman–Crippen LogP) is 1.22. The van der Waals surface area contributed by atoms with Gasteiger partial charge >= 0.3 is 0 Å². The van der Waals surface area contributed by atoms with E-state index in [1.807, 2.05) is 72.5 Å². The molecule has 0 saturated carbocycles. The lowest BCUT2D eigenvalue weighted by atomic mass is 9.99. The molecular weight excluding hydrogens is 380 g/mol. The normalized spacial score (nSPS) is 16.7. The minimum atomic E-state index is -0.492. The van der Waals surface area contributed by atoms with Gasteiger partial charge in [0.15, 0.2) is 0 Å². The summed E-state index contributed by atoms with van der Waals surface area (Å²) in [6.45, 7) is 3.82. The van der Waals surface area contributed by atoms with Crippen molar-refractivity contribution in [1.29, 1.82) is 0 Å². The Morgan fingerprint density at radius 3 is 2.20 bits per heavy atom. The smallest absolute Gasteiger partial charge is 0.240 e. The third kappa shape index (κ3) is 5.67. The van der Waals surface area contributed by atoms with E-state index in [9.17, 15) is 14.4 Å². The van der Waals surface area contributed by atoms with Crippen LogP contribution in [-0.4, -0.2) is 54.8 Å². The first-order chi connectivity index (χ1) is 14.6. The Labute approximate surface area is 176 Å². The molecule has 0 radical (unpaired) electrons. The summed E-state index contributed by atoms with van der Waals surface area (Å²) in [5, 5.41) is 8.43. The third-order valence-electron chi connectivity index (χ3n) is 5.24. The molecule has 2 aromatic rings. The monoisotopic (exact) mass is 408 g/mol. The van der Waals surface area contributed by atoms with Gasteiger partial charge in [-0.25, -0.2) is 0 Å². The number of piperazine rings is 1. The highest BCUT2D eigenvalue weighted by molar-refractivity contribution is 5.90. The molecule has 0 aromatic heterocycles. The summed E-state index contributed by atoms with van der Waals surface area (Å²) in [6, 6.07) is 18.6. The quantitative estimate of drug-likeness (QED) is 0.613. The summed E-state index contributed by atoms with van der Waals surface area (Å²) in [7, 11) is 0. The van der Waals surface area contributed by atoms with Gasteiger partial charge in [-0.2, -0.15) is 0 Å². The molecule has 0 bridgehead atoms. The molecule has 30 heavy (non-hydrogen) atoms. The zero-order valence-corrected chi connectivity index (χ0v) is 17.1. The van der Waals surface area contributed by atoms with Crippen molar-refractivity contribution in [1.82, 2.24) is 20.9 Å². The molecule has 7 heteroatoms. The van der Waals surface area contributed by atoms with Crippen molar-refractivity contribution in [2.75, 3.05) is 26.2 Å². The summed E-state index contributed by atoms with van der Waals surface area (Å²) in [5.74, 6) is -0.751. The van der Waals surface area contributed by atoms with Crippen molar-refractivity contribution in [2.24, 2.45) is 0 Å². The molecule has 3 amide bonds. The SMILES string of the molecule is CCN1CCNC(=O)[C@H]1CC(=O)NCC(=O)NC(c1ccccc1)c1ccccc1. The molecule has 1 atom stereocenters. The standard InChI is InChI=1S/C23H28N4O3/c1-2-27-14-13-24-23(30)19(27)15-20(28)25-16-21(29)26-22(17-9-5-3-6-10-17)18-11-7-4-8-12-18/h3-12,19,22H,2,13-16H2,1H3,(H,24,30)(H,25,28)(H,26,29)/t19-/m1/s1. The first-order valence-corrected chi connectivity index (χ1v) is 10.3. The van der Waals surface area contributed by atoms with Crippen LogP contribution < -0.4 is 16.0 Å². The van der Waals surface area contributed by atoms with Crippen LogP contribution in [0.4, 0.5) is 0 Å². The van der Waals surface area contributed by atoms with E-state index in [4.69, 9.17) is 0 Å². The molecule has 0 aliphatic carbocycles. The molecule has 1 saturated heterocycles. The molecule has 3 N–H and O–H groups in total. The lowest BCUT2D eigenvalue weighted by Crippen LogP contribution is -2.56. The molecule has 1 aliphatic rings. The fraction of sp³-hybridized carbons (Fsp3) is 0.348. The average Bonchev–Trinajstić information content (AvgIpc) is 2.78. The third-order valence-corrected chi connectivity index (χ3v) is 5.24. The molecule has 7 nitrogen and oxygen atoms in total. The van der Waals surface area contributed by atoms with E-state index in [-0.39, 0.29) is 36.7 Å². The van der Waals surface area contributed by atoms with Gasteiger partial charge < -0.3 is 16.0 Å². The summed E-state index contributed by atoms with van der Waals surface area (Å²) < 4.78 is 0. The maximum Gasteiger partial charge on any atom is 0.240 e. The molecular formula is C23H28N4O3. The average molecular weight is 409 g/mol. The van der Waals surface area contributed by atoms with Crippen LogP contribution in [0.5, 0.6) is 0 Å². The zero-order valence-electron chi connectivity index (χ0n) is 17.1. The predicted molar refractivity (Wildman–Crippen MR) is 115 cm³/mol. The van der Waals surface area contributed by atoms with E-state index in [2.05, 4.69) is 16.0 Å². The number of nitrogens with one attached hydrogen (secondary N) is 3. The minimum absolute atomic E-state index is 0.0355. The molecule has 1 heterocycles. The van der Waals surface area contributed by atoms with E-state index in [1.165, 1.54) is 0 Å². The Balaban J connectivity index is 1.58. The highest BCUT2D eigenvalue weighted by atomic mass is 16.2. The molecule has 0 unspecified atom stereocenters. The largest absolute Gasteiger partial charge is 0.353 e. The van der Waals surface area contributed by atoms with Crippen LogP contribution in [0.1, 0.15) is 30.5 Å². The first-order valence-electron chi connectivity index (χ1n) is 10.3. The highest BCUT2D eigenvalue weighted by Gasteiger charge is 2.30. The molecule has 158 valence electrons. The van der Waals surface area contributed by atoms with E-state index in [0.29, 0.717) is 13.1 Å². The second-order valence-electron chi connectivity index (χ2n) is 7.24. The van der Waals surface area contributed by atoms with Crippen molar-refractivity contribution in [2.45, 2.75) is 25.4 Å². The Kier molecular flexibility index (Phi) is 7.57. The zero-order chi connectivity index (χ0) is 21.3. The number of carbonyl (C=O) groups is 3. The van der Waals surface area contributed by atoms with E-state index >= 15 is 0 Å². The molecule has 2 aromatic carbocycles. The van der Waals surface area contributed by atoms with Gasteiger partial charge in [0.25, 0.3) is 0 Å². The maximum absolute atomic E-state index is 12.6. The molecule has 1 aliphatic heterocycles. The second kappa shape index (κ2) is 10.5. The van der Waals surface area contributed by atoms with Gasteiger partial charge in [-0.1, -0.05) is 67.6 Å². The van der Waals surface area contributed by atoms with Crippen LogP contribution in [0.25, 0.3) is 0 Å². The minimum Gasteiger partial charge on any atom is -0.353 e. The van der Waals surface area contributed by atoms with Gasteiger partial charge in [-0.05, 0) is 17.7 Å². The number of hydrogen-bond acceptors (Lipinski definition) is 4. The van der Waals surface area contributed by atoms with Crippen molar-refractivity contribution in [3.63, 3.8) is 0 Å².